The first-order valence-electron chi connectivity index (χ1n) is 7.15. The van der Waals surface area contributed by atoms with Crippen LogP contribution in [-0.2, 0) is 0 Å². The quantitative estimate of drug-likeness (QED) is 0.651. The molecule has 2 rings (SSSR count). The van der Waals surface area contributed by atoms with Crippen molar-refractivity contribution in [3.05, 3.63) is 42.5 Å². The maximum Gasteiger partial charge on any atom is 0.134 e. The van der Waals surface area contributed by atoms with Crippen LogP contribution in [0.5, 0.6) is 0 Å². The molecule has 0 saturated heterocycles. The lowest BCUT2D eigenvalue weighted by atomic mass is 10.2. The van der Waals surface area contributed by atoms with Crippen LogP contribution in [0.3, 0.4) is 0 Å². The van der Waals surface area contributed by atoms with Crippen LogP contribution in [-0.4, -0.2) is 10.3 Å². The topological polar surface area (TPSA) is 13.1 Å². The van der Waals surface area contributed by atoms with E-state index in [1.54, 1.807) is 0 Å². The molecule has 108 valence electrons. The van der Waals surface area contributed by atoms with E-state index in [-0.39, 0.29) is 18.2 Å². The summed E-state index contributed by atoms with van der Waals surface area (Å²) in [6.45, 7) is 13.9. The summed E-state index contributed by atoms with van der Waals surface area (Å²) in [7, 11) is -0.374. The van der Waals surface area contributed by atoms with Gasteiger partial charge in [0.15, 0.2) is 0 Å². The van der Waals surface area contributed by atoms with E-state index in [0.29, 0.717) is 0 Å². The summed E-state index contributed by atoms with van der Waals surface area (Å²) < 4.78 is 6.21. The van der Waals surface area contributed by atoms with Gasteiger partial charge in [0.1, 0.15) is 11.3 Å². The summed E-state index contributed by atoms with van der Waals surface area (Å²) >= 11 is 0. The van der Waals surface area contributed by atoms with Crippen molar-refractivity contribution in [2.75, 3.05) is 0 Å². The highest BCUT2D eigenvalue weighted by atomic mass is 31.1. The first-order valence-corrected chi connectivity index (χ1v) is 8.49. The molecule has 0 saturated carbocycles. The summed E-state index contributed by atoms with van der Waals surface area (Å²) in [6.07, 6.45) is 0. The van der Waals surface area contributed by atoms with Crippen molar-refractivity contribution in [3.8, 4) is 11.3 Å². The van der Waals surface area contributed by atoms with E-state index in [2.05, 4.69) is 65.8 Å². The Morgan fingerprint density at radius 3 is 1.80 bits per heavy atom. The molecule has 1 aromatic heterocycles. The first kappa shape index (κ1) is 15.3. The maximum atomic E-state index is 6.21. The lowest BCUT2D eigenvalue weighted by molar-refractivity contribution is 0.606. The second kappa shape index (κ2) is 5.37. The molecule has 0 unspecified atom stereocenters. The second-order valence-corrected chi connectivity index (χ2v) is 11.0. The Hall–Kier alpha value is -1.07. The minimum Gasteiger partial charge on any atom is -0.457 e. The highest BCUT2D eigenvalue weighted by Crippen LogP contribution is 2.58. The molecule has 1 aromatic carbocycles. The predicted molar refractivity (Wildman–Crippen MR) is 90.2 cm³/mol. The monoisotopic (exact) mass is 288 g/mol. The van der Waals surface area contributed by atoms with Crippen molar-refractivity contribution in [1.82, 2.24) is 0 Å². The third kappa shape index (κ3) is 3.33. The van der Waals surface area contributed by atoms with Gasteiger partial charge in [-0.05, 0) is 30.4 Å². The molecule has 1 nitrogen and oxygen atoms in total. The summed E-state index contributed by atoms with van der Waals surface area (Å²) in [5.41, 5.74) is 2.30. The van der Waals surface area contributed by atoms with E-state index in [4.69, 9.17) is 4.42 Å². The molecule has 2 aromatic rings. The SMILES string of the molecule is CC(C)(C)P(c1ccc(-c2ccccc2)o1)C(C)(C)C. The van der Waals surface area contributed by atoms with Crippen molar-refractivity contribution in [2.24, 2.45) is 0 Å². The van der Waals surface area contributed by atoms with E-state index in [1.165, 1.54) is 0 Å². The average molecular weight is 288 g/mol. The Labute approximate surface area is 124 Å². The summed E-state index contributed by atoms with van der Waals surface area (Å²) in [6, 6.07) is 14.6. The van der Waals surface area contributed by atoms with E-state index in [0.717, 1.165) is 16.8 Å². The zero-order chi connectivity index (χ0) is 15.0. The van der Waals surface area contributed by atoms with E-state index >= 15 is 0 Å². The van der Waals surface area contributed by atoms with Crippen molar-refractivity contribution >= 4 is 13.4 Å². The molecule has 0 amide bonds. The number of benzene rings is 1. The zero-order valence-corrected chi connectivity index (χ0v) is 14.3. The van der Waals surface area contributed by atoms with Crippen LogP contribution in [0, 0.1) is 0 Å². The van der Waals surface area contributed by atoms with Crippen LogP contribution in [0.25, 0.3) is 11.3 Å². The largest absolute Gasteiger partial charge is 0.457 e. The molecule has 0 fully saturated rings. The fourth-order valence-electron chi connectivity index (χ4n) is 2.87. The van der Waals surface area contributed by atoms with Gasteiger partial charge in [0, 0.05) is 5.56 Å². The van der Waals surface area contributed by atoms with Gasteiger partial charge >= 0.3 is 0 Å². The highest BCUT2D eigenvalue weighted by Gasteiger charge is 2.37. The third-order valence-electron chi connectivity index (χ3n) is 3.21. The number of rotatable bonds is 2. The Morgan fingerprint density at radius 2 is 1.30 bits per heavy atom. The van der Waals surface area contributed by atoms with Crippen LogP contribution in [0.15, 0.2) is 46.9 Å². The molecule has 0 bridgehead atoms. The van der Waals surface area contributed by atoms with Crippen LogP contribution in [0.1, 0.15) is 41.5 Å². The van der Waals surface area contributed by atoms with Crippen molar-refractivity contribution in [1.29, 1.82) is 0 Å². The molecule has 0 radical (unpaired) electrons. The van der Waals surface area contributed by atoms with E-state index < -0.39 is 0 Å². The van der Waals surface area contributed by atoms with Crippen LogP contribution < -0.4 is 5.50 Å². The molecule has 0 aliphatic heterocycles. The second-order valence-electron chi connectivity index (χ2n) is 7.18. The molecule has 0 aliphatic rings. The molecule has 1 heterocycles. The van der Waals surface area contributed by atoms with Gasteiger partial charge in [0.2, 0.25) is 0 Å². The Morgan fingerprint density at radius 1 is 0.750 bits per heavy atom. The number of hydrogen-bond acceptors (Lipinski definition) is 1. The molecule has 0 N–H and O–H groups in total. The Balaban J connectivity index is 2.41. The maximum absolute atomic E-state index is 6.21. The van der Waals surface area contributed by atoms with Gasteiger partial charge in [-0.1, -0.05) is 71.9 Å². The molecule has 0 aliphatic carbocycles. The van der Waals surface area contributed by atoms with Gasteiger partial charge in [-0.15, -0.1) is 0 Å². The third-order valence-corrected chi connectivity index (χ3v) is 6.58. The van der Waals surface area contributed by atoms with Gasteiger partial charge in [-0.25, -0.2) is 0 Å². The molecule has 20 heavy (non-hydrogen) atoms. The zero-order valence-electron chi connectivity index (χ0n) is 13.4. The van der Waals surface area contributed by atoms with E-state index in [1.807, 2.05) is 18.2 Å². The van der Waals surface area contributed by atoms with Gasteiger partial charge in [0.25, 0.3) is 0 Å². The summed E-state index contributed by atoms with van der Waals surface area (Å²) in [5, 5.41) is 0.471. The van der Waals surface area contributed by atoms with Crippen LogP contribution in [0.4, 0.5) is 0 Å². The Kier molecular flexibility index (Phi) is 4.12. The van der Waals surface area contributed by atoms with Gasteiger partial charge < -0.3 is 4.42 Å². The standard InChI is InChI=1S/C18H25OP/c1-17(2,3)20(18(4,5)6)16-13-12-15(19-16)14-10-8-7-9-11-14/h7-13H,1-6H3. The molecule has 0 atom stereocenters. The minimum absolute atomic E-state index is 0.236. The Bertz CT molecular complexity index is 541. The summed E-state index contributed by atoms with van der Waals surface area (Å²) in [5.74, 6) is 0.974. The average Bonchev–Trinajstić information content (AvgIpc) is 2.75. The molecule has 2 heteroatoms. The smallest absolute Gasteiger partial charge is 0.134 e. The van der Waals surface area contributed by atoms with Crippen LogP contribution in [0.2, 0.25) is 0 Å². The van der Waals surface area contributed by atoms with Gasteiger partial charge in [-0.2, -0.15) is 0 Å². The van der Waals surface area contributed by atoms with Crippen LogP contribution >= 0.6 is 7.92 Å². The molecule has 0 spiro atoms. The fourth-order valence-corrected chi connectivity index (χ4v) is 6.62. The van der Waals surface area contributed by atoms with Crippen molar-refractivity contribution in [2.45, 2.75) is 51.9 Å². The predicted octanol–water partition coefficient (Wildman–Crippen LogP) is 5.65. The fraction of sp³-hybridized carbons (Fsp3) is 0.444. The van der Waals surface area contributed by atoms with Crippen molar-refractivity contribution in [3.63, 3.8) is 0 Å². The first-order chi connectivity index (χ1) is 9.19. The molecular formula is C18H25OP. The normalized spacial score (nSPS) is 12.9. The van der Waals surface area contributed by atoms with Gasteiger partial charge in [-0.3, -0.25) is 0 Å². The number of furan rings is 1. The lowest BCUT2D eigenvalue weighted by Crippen LogP contribution is -2.30. The minimum atomic E-state index is -0.374. The van der Waals surface area contributed by atoms with Gasteiger partial charge in [0.05, 0.1) is 0 Å². The molecular weight excluding hydrogens is 263 g/mol. The van der Waals surface area contributed by atoms with Crippen molar-refractivity contribution < 1.29 is 4.42 Å². The lowest BCUT2D eigenvalue weighted by Gasteiger charge is -2.39. The highest BCUT2D eigenvalue weighted by molar-refractivity contribution is 7.68. The van der Waals surface area contributed by atoms with E-state index in [9.17, 15) is 0 Å². The number of hydrogen-bond donors (Lipinski definition) is 0. The summed E-state index contributed by atoms with van der Waals surface area (Å²) in [4.78, 5) is 0.